The molecule has 1 aromatic carbocycles. The highest BCUT2D eigenvalue weighted by molar-refractivity contribution is 5.77. The Labute approximate surface area is 139 Å². The third-order valence-electron chi connectivity index (χ3n) is 6.03. The van der Waals surface area contributed by atoms with E-state index in [2.05, 4.69) is 41.4 Å². The van der Waals surface area contributed by atoms with Gasteiger partial charge in [-0.25, -0.2) is 0 Å². The predicted octanol–water partition coefficient (Wildman–Crippen LogP) is 3.58. The van der Waals surface area contributed by atoms with Crippen LogP contribution in [0.4, 0.5) is 0 Å². The van der Waals surface area contributed by atoms with Crippen LogP contribution in [0, 0.1) is 12.8 Å². The Kier molecular flexibility index (Phi) is 4.14. The van der Waals surface area contributed by atoms with Gasteiger partial charge in [-0.3, -0.25) is 4.79 Å². The quantitative estimate of drug-likeness (QED) is 0.925. The lowest BCUT2D eigenvalue weighted by atomic mass is 9.89. The average Bonchev–Trinajstić information content (AvgIpc) is 3.14. The van der Waals surface area contributed by atoms with E-state index in [1.165, 1.54) is 36.8 Å². The Morgan fingerprint density at radius 1 is 1.22 bits per heavy atom. The number of carbonyl (C=O) groups is 1. The molecule has 1 N–H and O–H groups in total. The largest absolute Gasteiger partial charge is 0.336 e. The number of carbonyl (C=O) groups excluding carboxylic acids is 1. The molecule has 3 heterocycles. The van der Waals surface area contributed by atoms with Crippen LogP contribution in [0.15, 0.2) is 24.3 Å². The standard InChI is InChI=1S/C20H28N2O/c1-14-4-2-5-16(10-14)19-6-3-9-22(19)20(23)13-15-11-17-7-8-18(12-15)21-17/h2,4-5,10,15,17-19,21H,3,6-9,11-13H2,1H3. The third-order valence-corrected chi connectivity index (χ3v) is 6.03. The summed E-state index contributed by atoms with van der Waals surface area (Å²) in [5, 5.41) is 3.68. The number of nitrogens with one attached hydrogen (secondary N) is 1. The molecule has 3 fully saturated rings. The minimum atomic E-state index is 0.306. The van der Waals surface area contributed by atoms with Gasteiger partial charge in [0.15, 0.2) is 0 Å². The molecule has 0 spiro atoms. The van der Waals surface area contributed by atoms with Crippen LogP contribution in [0.3, 0.4) is 0 Å². The first-order chi connectivity index (χ1) is 11.2. The van der Waals surface area contributed by atoms with Gasteiger partial charge in [0.1, 0.15) is 0 Å². The molecule has 124 valence electrons. The van der Waals surface area contributed by atoms with Gasteiger partial charge in [-0.15, -0.1) is 0 Å². The number of benzene rings is 1. The number of nitrogens with zero attached hydrogens (tertiary/aromatic N) is 1. The van der Waals surface area contributed by atoms with Gasteiger partial charge in [0.05, 0.1) is 6.04 Å². The van der Waals surface area contributed by atoms with E-state index in [-0.39, 0.29) is 0 Å². The van der Waals surface area contributed by atoms with Gasteiger partial charge in [0, 0.05) is 25.0 Å². The maximum atomic E-state index is 12.9. The monoisotopic (exact) mass is 312 g/mol. The first-order valence-corrected chi connectivity index (χ1v) is 9.31. The third kappa shape index (κ3) is 3.16. The number of hydrogen-bond donors (Lipinski definition) is 1. The van der Waals surface area contributed by atoms with E-state index in [1.807, 2.05) is 0 Å². The lowest BCUT2D eigenvalue weighted by Crippen LogP contribution is -2.40. The van der Waals surface area contributed by atoms with Gasteiger partial charge in [-0.1, -0.05) is 29.8 Å². The molecule has 0 aliphatic carbocycles. The fourth-order valence-corrected chi connectivity index (χ4v) is 5.00. The fourth-order valence-electron chi connectivity index (χ4n) is 5.00. The van der Waals surface area contributed by atoms with Crippen LogP contribution in [-0.2, 0) is 4.79 Å². The number of fused-ring (bicyclic) bond motifs is 2. The molecule has 4 rings (SSSR count). The second-order valence-electron chi connectivity index (χ2n) is 7.84. The number of aryl methyl sites for hydroxylation is 1. The van der Waals surface area contributed by atoms with E-state index in [0.717, 1.165) is 25.8 Å². The number of hydrogen-bond acceptors (Lipinski definition) is 2. The van der Waals surface area contributed by atoms with Crippen LogP contribution >= 0.6 is 0 Å². The molecule has 3 unspecified atom stereocenters. The first-order valence-electron chi connectivity index (χ1n) is 9.31. The highest BCUT2D eigenvalue weighted by atomic mass is 16.2. The highest BCUT2D eigenvalue weighted by Gasteiger charge is 2.36. The number of amides is 1. The Hall–Kier alpha value is -1.35. The summed E-state index contributed by atoms with van der Waals surface area (Å²) >= 11 is 0. The van der Waals surface area contributed by atoms with Crippen molar-refractivity contribution in [1.29, 1.82) is 0 Å². The van der Waals surface area contributed by atoms with Crippen LogP contribution in [0.2, 0.25) is 0 Å². The van der Waals surface area contributed by atoms with Crippen molar-refractivity contribution in [3.8, 4) is 0 Å². The molecule has 3 nitrogen and oxygen atoms in total. The van der Waals surface area contributed by atoms with E-state index in [9.17, 15) is 4.79 Å². The molecule has 2 bridgehead atoms. The van der Waals surface area contributed by atoms with Crippen LogP contribution in [-0.4, -0.2) is 29.4 Å². The summed E-state index contributed by atoms with van der Waals surface area (Å²) in [4.78, 5) is 15.1. The van der Waals surface area contributed by atoms with Gasteiger partial charge >= 0.3 is 0 Å². The van der Waals surface area contributed by atoms with E-state index >= 15 is 0 Å². The van der Waals surface area contributed by atoms with E-state index in [0.29, 0.717) is 30.0 Å². The molecule has 0 radical (unpaired) electrons. The average molecular weight is 312 g/mol. The van der Waals surface area contributed by atoms with E-state index in [4.69, 9.17) is 0 Å². The van der Waals surface area contributed by atoms with Crippen LogP contribution < -0.4 is 5.32 Å². The summed E-state index contributed by atoms with van der Waals surface area (Å²) < 4.78 is 0. The molecule has 3 heteroatoms. The first kappa shape index (κ1) is 15.2. The summed E-state index contributed by atoms with van der Waals surface area (Å²) in [6, 6.07) is 10.4. The summed E-state index contributed by atoms with van der Waals surface area (Å²) in [5.74, 6) is 0.986. The molecule has 1 aromatic rings. The van der Waals surface area contributed by atoms with Crippen molar-refractivity contribution >= 4 is 5.91 Å². The summed E-state index contributed by atoms with van der Waals surface area (Å²) in [6.07, 6.45) is 8.04. The van der Waals surface area contributed by atoms with Gasteiger partial charge < -0.3 is 10.2 Å². The van der Waals surface area contributed by atoms with Crippen LogP contribution in [0.5, 0.6) is 0 Å². The van der Waals surface area contributed by atoms with Crippen molar-refractivity contribution in [3.05, 3.63) is 35.4 Å². The lowest BCUT2D eigenvalue weighted by Gasteiger charge is -2.31. The Balaban J connectivity index is 1.43. The van der Waals surface area contributed by atoms with E-state index in [1.54, 1.807) is 0 Å². The minimum absolute atomic E-state index is 0.306. The van der Waals surface area contributed by atoms with Crippen molar-refractivity contribution in [2.45, 2.75) is 70.0 Å². The van der Waals surface area contributed by atoms with Gasteiger partial charge in [0.2, 0.25) is 5.91 Å². The zero-order valence-electron chi connectivity index (χ0n) is 14.1. The molecular weight excluding hydrogens is 284 g/mol. The van der Waals surface area contributed by atoms with Gasteiger partial charge in [-0.2, -0.15) is 0 Å². The van der Waals surface area contributed by atoms with Crippen molar-refractivity contribution < 1.29 is 4.79 Å². The molecule has 23 heavy (non-hydrogen) atoms. The minimum Gasteiger partial charge on any atom is -0.336 e. The van der Waals surface area contributed by atoms with E-state index < -0.39 is 0 Å². The second-order valence-corrected chi connectivity index (χ2v) is 7.84. The maximum Gasteiger partial charge on any atom is 0.223 e. The lowest BCUT2D eigenvalue weighted by molar-refractivity contribution is -0.133. The van der Waals surface area contributed by atoms with Crippen LogP contribution in [0.1, 0.15) is 62.1 Å². The second kappa shape index (κ2) is 6.27. The summed E-state index contributed by atoms with van der Waals surface area (Å²) in [7, 11) is 0. The normalized spacial score (nSPS) is 33.2. The zero-order chi connectivity index (χ0) is 15.8. The molecule has 3 saturated heterocycles. The smallest absolute Gasteiger partial charge is 0.223 e. The van der Waals surface area contributed by atoms with Crippen molar-refractivity contribution in [2.24, 2.45) is 5.92 Å². The summed E-state index contributed by atoms with van der Waals surface area (Å²) in [6.45, 7) is 3.07. The molecule has 0 aromatic heterocycles. The van der Waals surface area contributed by atoms with Gasteiger partial charge in [0.25, 0.3) is 0 Å². The maximum absolute atomic E-state index is 12.9. The number of piperidine rings is 1. The number of likely N-dealkylation sites (tertiary alicyclic amines) is 1. The zero-order valence-corrected chi connectivity index (χ0v) is 14.1. The highest BCUT2D eigenvalue weighted by Crippen LogP contribution is 2.36. The van der Waals surface area contributed by atoms with Crippen molar-refractivity contribution in [1.82, 2.24) is 10.2 Å². The Bertz CT molecular complexity index is 573. The number of rotatable bonds is 3. The van der Waals surface area contributed by atoms with Crippen LogP contribution in [0.25, 0.3) is 0 Å². The van der Waals surface area contributed by atoms with Crippen molar-refractivity contribution in [3.63, 3.8) is 0 Å². The fraction of sp³-hybridized carbons (Fsp3) is 0.650. The molecular formula is C20H28N2O. The van der Waals surface area contributed by atoms with Crippen molar-refractivity contribution in [2.75, 3.05) is 6.54 Å². The molecule has 0 saturated carbocycles. The SMILES string of the molecule is Cc1cccc(C2CCCN2C(=O)CC2CC3CCC(C2)N3)c1. The molecule has 3 atom stereocenters. The predicted molar refractivity (Wildman–Crippen MR) is 92.2 cm³/mol. The molecule has 3 aliphatic heterocycles. The summed E-state index contributed by atoms with van der Waals surface area (Å²) in [5.41, 5.74) is 2.61. The molecule has 3 aliphatic rings. The Morgan fingerprint density at radius 2 is 2.00 bits per heavy atom. The Morgan fingerprint density at radius 3 is 2.74 bits per heavy atom. The molecule has 1 amide bonds. The van der Waals surface area contributed by atoms with Gasteiger partial charge in [-0.05, 0) is 56.9 Å². The topological polar surface area (TPSA) is 32.3 Å².